The Bertz CT molecular complexity index is 331. The van der Waals surface area contributed by atoms with Gasteiger partial charge in [0.05, 0.1) is 5.69 Å². The minimum Gasteiger partial charge on any atom is -0.351 e. The van der Waals surface area contributed by atoms with E-state index in [1.54, 1.807) is 4.68 Å². The molecule has 0 fully saturated rings. The molecule has 0 saturated heterocycles. The topological polar surface area (TPSA) is 59.8 Å². The Balaban J connectivity index is 2.39. The van der Waals surface area contributed by atoms with E-state index in [9.17, 15) is 4.79 Å². The minimum atomic E-state index is -0.0946. The van der Waals surface area contributed by atoms with Crippen LogP contribution in [0.1, 0.15) is 29.0 Å². The summed E-state index contributed by atoms with van der Waals surface area (Å²) >= 11 is 0. The highest BCUT2D eigenvalue weighted by Gasteiger charge is 2.19. The SMILES string of the molecule is Cn1nnc2c1CCCCNC2=O. The van der Waals surface area contributed by atoms with Crippen molar-refractivity contribution in [3.8, 4) is 0 Å². The highest BCUT2D eigenvalue weighted by Crippen LogP contribution is 2.10. The average molecular weight is 180 g/mol. The lowest BCUT2D eigenvalue weighted by molar-refractivity contribution is 0.0944. The van der Waals surface area contributed by atoms with E-state index in [2.05, 4.69) is 15.6 Å². The third-order valence-corrected chi connectivity index (χ3v) is 2.28. The lowest BCUT2D eigenvalue weighted by atomic mass is 10.1. The summed E-state index contributed by atoms with van der Waals surface area (Å²) in [7, 11) is 1.82. The summed E-state index contributed by atoms with van der Waals surface area (Å²) in [4.78, 5) is 11.4. The number of hydrogen-bond donors (Lipinski definition) is 1. The van der Waals surface area contributed by atoms with Gasteiger partial charge in [0, 0.05) is 13.6 Å². The van der Waals surface area contributed by atoms with E-state index in [0.717, 1.165) is 31.5 Å². The number of amides is 1. The lowest BCUT2D eigenvalue weighted by Crippen LogP contribution is -2.27. The van der Waals surface area contributed by atoms with Gasteiger partial charge in [-0.3, -0.25) is 9.48 Å². The van der Waals surface area contributed by atoms with Crippen LogP contribution < -0.4 is 5.32 Å². The molecule has 1 amide bonds. The molecule has 1 aliphatic heterocycles. The molecule has 1 aromatic rings. The van der Waals surface area contributed by atoms with Crippen molar-refractivity contribution in [2.24, 2.45) is 7.05 Å². The molecule has 1 aromatic heterocycles. The first kappa shape index (κ1) is 8.22. The first-order chi connectivity index (χ1) is 6.29. The van der Waals surface area contributed by atoms with Crippen molar-refractivity contribution in [3.05, 3.63) is 11.4 Å². The third-order valence-electron chi connectivity index (χ3n) is 2.28. The summed E-state index contributed by atoms with van der Waals surface area (Å²) in [5, 5.41) is 10.5. The van der Waals surface area contributed by atoms with E-state index >= 15 is 0 Å². The van der Waals surface area contributed by atoms with Gasteiger partial charge in [-0.05, 0) is 19.3 Å². The number of nitrogens with zero attached hydrogens (tertiary/aromatic N) is 3. The van der Waals surface area contributed by atoms with Crippen LogP contribution in [0.2, 0.25) is 0 Å². The van der Waals surface area contributed by atoms with Crippen LogP contribution in [0.25, 0.3) is 0 Å². The molecule has 2 rings (SSSR count). The van der Waals surface area contributed by atoms with Crippen molar-refractivity contribution in [2.45, 2.75) is 19.3 Å². The maximum Gasteiger partial charge on any atom is 0.273 e. The molecule has 1 aliphatic rings. The van der Waals surface area contributed by atoms with Gasteiger partial charge in [-0.2, -0.15) is 0 Å². The fourth-order valence-electron chi connectivity index (χ4n) is 1.54. The number of rotatable bonds is 0. The number of aromatic nitrogens is 3. The van der Waals surface area contributed by atoms with Gasteiger partial charge in [-0.15, -0.1) is 5.10 Å². The van der Waals surface area contributed by atoms with Gasteiger partial charge in [0.2, 0.25) is 0 Å². The standard InChI is InChI=1S/C8H12N4O/c1-12-6-4-2-3-5-9-8(13)7(6)10-11-12/h2-5H2,1H3,(H,9,13). The van der Waals surface area contributed by atoms with E-state index in [4.69, 9.17) is 0 Å². The summed E-state index contributed by atoms with van der Waals surface area (Å²) < 4.78 is 1.68. The van der Waals surface area contributed by atoms with E-state index < -0.39 is 0 Å². The van der Waals surface area contributed by atoms with Crippen LogP contribution in [0, 0.1) is 0 Å². The lowest BCUT2D eigenvalue weighted by Gasteiger charge is -2.09. The number of carbonyl (C=O) groups excluding carboxylic acids is 1. The number of carbonyl (C=O) groups is 1. The second-order valence-electron chi connectivity index (χ2n) is 3.22. The normalized spacial score (nSPS) is 17.2. The van der Waals surface area contributed by atoms with Crippen LogP contribution >= 0.6 is 0 Å². The Hall–Kier alpha value is -1.39. The van der Waals surface area contributed by atoms with Gasteiger partial charge in [0.25, 0.3) is 5.91 Å². The van der Waals surface area contributed by atoms with Crippen molar-refractivity contribution >= 4 is 5.91 Å². The van der Waals surface area contributed by atoms with Gasteiger partial charge >= 0.3 is 0 Å². The first-order valence-corrected chi connectivity index (χ1v) is 4.46. The van der Waals surface area contributed by atoms with Crippen molar-refractivity contribution in [1.82, 2.24) is 20.3 Å². The molecule has 13 heavy (non-hydrogen) atoms. The number of nitrogens with one attached hydrogen (secondary N) is 1. The molecular weight excluding hydrogens is 168 g/mol. The number of fused-ring (bicyclic) bond motifs is 1. The largest absolute Gasteiger partial charge is 0.351 e. The second kappa shape index (κ2) is 3.16. The molecule has 2 heterocycles. The smallest absolute Gasteiger partial charge is 0.273 e. The summed E-state index contributed by atoms with van der Waals surface area (Å²) in [6, 6.07) is 0. The van der Waals surface area contributed by atoms with Gasteiger partial charge in [-0.1, -0.05) is 5.21 Å². The quantitative estimate of drug-likeness (QED) is 0.605. The number of hydrogen-bond acceptors (Lipinski definition) is 3. The summed E-state index contributed by atoms with van der Waals surface area (Å²) in [6.45, 7) is 0.745. The van der Waals surface area contributed by atoms with Gasteiger partial charge in [0.1, 0.15) is 0 Å². The van der Waals surface area contributed by atoms with Crippen LogP contribution in [0.5, 0.6) is 0 Å². The monoisotopic (exact) mass is 180 g/mol. The van der Waals surface area contributed by atoms with Crippen molar-refractivity contribution in [2.75, 3.05) is 6.54 Å². The zero-order valence-corrected chi connectivity index (χ0v) is 7.58. The predicted molar refractivity (Wildman–Crippen MR) is 46.3 cm³/mol. The minimum absolute atomic E-state index is 0.0946. The molecule has 5 nitrogen and oxygen atoms in total. The second-order valence-corrected chi connectivity index (χ2v) is 3.22. The maximum absolute atomic E-state index is 11.4. The van der Waals surface area contributed by atoms with E-state index in [1.807, 2.05) is 7.05 Å². The molecule has 0 spiro atoms. The Kier molecular flexibility index (Phi) is 2.00. The van der Waals surface area contributed by atoms with Crippen LogP contribution in [0.3, 0.4) is 0 Å². The summed E-state index contributed by atoms with van der Waals surface area (Å²) in [5.41, 5.74) is 1.43. The van der Waals surface area contributed by atoms with Crippen molar-refractivity contribution < 1.29 is 4.79 Å². The van der Waals surface area contributed by atoms with Crippen LogP contribution in [-0.4, -0.2) is 27.4 Å². The molecular formula is C8H12N4O. The molecule has 0 bridgehead atoms. The molecule has 0 unspecified atom stereocenters. The summed E-state index contributed by atoms with van der Waals surface area (Å²) in [6.07, 6.45) is 3.00. The van der Waals surface area contributed by atoms with Crippen molar-refractivity contribution in [1.29, 1.82) is 0 Å². The van der Waals surface area contributed by atoms with E-state index in [-0.39, 0.29) is 5.91 Å². The van der Waals surface area contributed by atoms with Crippen molar-refractivity contribution in [3.63, 3.8) is 0 Å². The van der Waals surface area contributed by atoms with Gasteiger partial charge < -0.3 is 5.32 Å². The van der Waals surface area contributed by atoms with Crippen LogP contribution in [-0.2, 0) is 13.5 Å². The Morgan fingerprint density at radius 2 is 2.31 bits per heavy atom. The highest BCUT2D eigenvalue weighted by atomic mass is 16.2. The predicted octanol–water partition coefficient (Wildman–Crippen LogP) is -0.119. The molecule has 0 atom stereocenters. The molecule has 0 aromatic carbocycles. The molecule has 0 radical (unpaired) electrons. The third kappa shape index (κ3) is 1.41. The van der Waals surface area contributed by atoms with Crippen LogP contribution in [0.15, 0.2) is 0 Å². The zero-order chi connectivity index (χ0) is 9.26. The zero-order valence-electron chi connectivity index (χ0n) is 7.58. The van der Waals surface area contributed by atoms with Gasteiger partial charge in [-0.25, -0.2) is 0 Å². The fraction of sp³-hybridized carbons (Fsp3) is 0.625. The first-order valence-electron chi connectivity index (χ1n) is 4.46. The Morgan fingerprint density at radius 1 is 1.46 bits per heavy atom. The molecule has 5 heteroatoms. The molecule has 70 valence electrons. The Morgan fingerprint density at radius 3 is 3.15 bits per heavy atom. The fourth-order valence-corrected chi connectivity index (χ4v) is 1.54. The number of aryl methyl sites for hydroxylation is 1. The highest BCUT2D eigenvalue weighted by molar-refractivity contribution is 5.93. The van der Waals surface area contributed by atoms with E-state index in [0.29, 0.717) is 5.69 Å². The molecule has 0 saturated carbocycles. The maximum atomic E-state index is 11.4. The summed E-state index contributed by atoms with van der Waals surface area (Å²) in [5.74, 6) is -0.0946. The average Bonchev–Trinajstić information content (AvgIpc) is 2.43. The molecule has 0 aliphatic carbocycles. The molecule has 1 N–H and O–H groups in total. The van der Waals surface area contributed by atoms with E-state index in [1.165, 1.54) is 0 Å². The van der Waals surface area contributed by atoms with Gasteiger partial charge in [0.15, 0.2) is 5.69 Å². The Labute approximate surface area is 76.1 Å². The van der Waals surface area contributed by atoms with Crippen LogP contribution in [0.4, 0.5) is 0 Å².